The minimum absolute atomic E-state index is 0.0240. The van der Waals surface area contributed by atoms with Crippen LogP contribution in [-0.2, 0) is 48.2 Å². The molecule has 1 fully saturated rings. The number of anilines is 1. The number of likely N-dealkylation sites (tertiary alicyclic amines) is 1. The van der Waals surface area contributed by atoms with Crippen molar-refractivity contribution in [2.45, 2.75) is 40.6 Å². The van der Waals surface area contributed by atoms with E-state index in [0.717, 1.165) is 12.1 Å². The smallest absolute Gasteiger partial charge is 0.306 e. The lowest BCUT2D eigenvalue weighted by molar-refractivity contribution is -0.143. The maximum atomic E-state index is 14.2. The Morgan fingerprint density at radius 1 is 0.746 bits per heavy atom. The Morgan fingerprint density at radius 3 is 2.07 bits per heavy atom. The lowest BCUT2D eigenvalue weighted by Gasteiger charge is -2.31. The number of hydrogen-bond donors (Lipinski definition) is 5. The number of nitrogens with zero attached hydrogens (tertiary/aromatic N) is 2. The number of fused-ring (bicyclic) bond motifs is 2. The monoisotopic (exact) mass is 861 g/mol. The van der Waals surface area contributed by atoms with Gasteiger partial charge in [-0.25, -0.2) is 0 Å². The number of carbonyl (C=O) groups is 2. The van der Waals surface area contributed by atoms with Crippen molar-refractivity contribution in [2.75, 3.05) is 18.4 Å². The van der Waals surface area contributed by atoms with E-state index < -0.39 is 47.1 Å². The van der Waals surface area contributed by atoms with Gasteiger partial charge in [0.05, 0.1) is 27.6 Å². The van der Waals surface area contributed by atoms with Gasteiger partial charge in [-0.15, -0.1) is 0 Å². The van der Waals surface area contributed by atoms with Crippen molar-refractivity contribution in [3.63, 3.8) is 0 Å². The van der Waals surface area contributed by atoms with Gasteiger partial charge in [-0.3, -0.25) is 28.2 Å². The third-order valence-electron chi connectivity index (χ3n) is 10.0. The number of carboxylic acid groups (broad SMARTS) is 1. The molecule has 0 aromatic heterocycles. The van der Waals surface area contributed by atoms with E-state index in [0.29, 0.717) is 27.8 Å². The zero-order chi connectivity index (χ0) is 42.3. The molecule has 1 aliphatic carbocycles. The average molecular weight is 862 g/mol. The van der Waals surface area contributed by atoms with Crippen LogP contribution in [0.4, 0.5) is 5.69 Å². The van der Waals surface area contributed by atoms with Crippen LogP contribution in [0, 0.1) is 5.92 Å². The maximum Gasteiger partial charge on any atom is 0.306 e. The molecular formula is C40H35N3O13S3. The van der Waals surface area contributed by atoms with E-state index >= 15 is 0 Å². The Kier molecular flexibility index (Phi) is 11.2. The molecule has 0 radical (unpaired) electrons. The fourth-order valence-corrected chi connectivity index (χ4v) is 8.92. The van der Waals surface area contributed by atoms with Crippen LogP contribution in [0.15, 0.2) is 127 Å². The lowest BCUT2D eigenvalue weighted by atomic mass is 9.89. The molecule has 2 heterocycles. The van der Waals surface area contributed by atoms with Crippen molar-refractivity contribution in [3.05, 3.63) is 125 Å². The molecule has 59 heavy (non-hydrogen) atoms. The van der Waals surface area contributed by atoms with Crippen molar-refractivity contribution in [1.29, 1.82) is 0 Å². The van der Waals surface area contributed by atoms with Crippen molar-refractivity contribution < 1.29 is 58.0 Å². The van der Waals surface area contributed by atoms with Gasteiger partial charge in [0.1, 0.15) is 16.2 Å². The van der Waals surface area contributed by atoms with Gasteiger partial charge in [0.25, 0.3) is 36.3 Å². The summed E-state index contributed by atoms with van der Waals surface area (Å²) in [6.07, 6.45) is 0.525. The maximum absolute atomic E-state index is 14.2. The summed E-state index contributed by atoms with van der Waals surface area (Å²) in [4.78, 5) is 30.5. The van der Waals surface area contributed by atoms with Gasteiger partial charge >= 0.3 is 5.97 Å². The van der Waals surface area contributed by atoms with E-state index in [1.807, 2.05) is 0 Å². The summed E-state index contributed by atoms with van der Waals surface area (Å²) < 4.78 is 109. The van der Waals surface area contributed by atoms with E-state index in [1.165, 1.54) is 42.5 Å². The summed E-state index contributed by atoms with van der Waals surface area (Å²) in [6, 6.07) is 25.0. The Bertz CT molecular complexity index is 3010. The predicted molar refractivity (Wildman–Crippen MR) is 213 cm³/mol. The fraction of sp³-hybridized carbons (Fsp3) is 0.175. The van der Waals surface area contributed by atoms with Crippen LogP contribution in [0.5, 0.6) is 0 Å². The van der Waals surface area contributed by atoms with Crippen molar-refractivity contribution >= 4 is 58.9 Å². The molecule has 0 bridgehead atoms. The van der Waals surface area contributed by atoms with Gasteiger partial charge in [0.15, 0.2) is 0 Å². The number of benzene rings is 5. The Morgan fingerprint density at radius 2 is 1.41 bits per heavy atom. The molecule has 4 aromatic rings. The molecule has 16 nitrogen and oxygen atoms in total. The van der Waals surface area contributed by atoms with E-state index in [4.69, 9.17) is 4.42 Å². The minimum atomic E-state index is -4.96. The number of aliphatic carboxylic acids is 1. The van der Waals surface area contributed by atoms with E-state index in [2.05, 4.69) is 10.3 Å². The molecule has 1 amide bonds. The molecule has 0 atom stereocenters. The molecular weight excluding hydrogens is 827 g/mol. The van der Waals surface area contributed by atoms with Gasteiger partial charge in [-0.2, -0.15) is 25.3 Å². The summed E-state index contributed by atoms with van der Waals surface area (Å²) in [7, 11) is -14.0. The molecule has 1 saturated heterocycles. The zero-order valence-electron chi connectivity index (χ0n) is 30.7. The number of hydrogen-bond acceptors (Lipinski definition) is 11. The molecule has 0 unspecified atom stereocenters. The fourth-order valence-electron chi connectivity index (χ4n) is 7.07. The van der Waals surface area contributed by atoms with Crippen molar-refractivity contribution in [3.8, 4) is 22.5 Å². The SMILES string of the molecule is O=C(O)C1CCN(C(=O)c2ccccc2-c2c3cc(S(=O)(=O)O)c(=NCc4ccc(S(=O)(=O)O)cc4)cc-3oc3cc(NCc4ccccc4S(=O)(=O)O)ccc23)CC1. The summed E-state index contributed by atoms with van der Waals surface area (Å²) in [5, 5.41) is 12.8. The molecule has 7 rings (SSSR count). The van der Waals surface area contributed by atoms with E-state index in [9.17, 15) is 53.6 Å². The van der Waals surface area contributed by atoms with E-state index in [-0.39, 0.29) is 88.1 Å². The van der Waals surface area contributed by atoms with Crippen LogP contribution in [0.3, 0.4) is 0 Å². The van der Waals surface area contributed by atoms with Gasteiger partial charge in [-0.1, -0.05) is 48.5 Å². The highest BCUT2D eigenvalue weighted by Crippen LogP contribution is 2.43. The highest BCUT2D eigenvalue weighted by molar-refractivity contribution is 7.86. The second-order valence-electron chi connectivity index (χ2n) is 13.8. The molecule has 3 aliphatic rings. The highest BCUT2D eigenvalue weighted by Gasteiger charge is 2.30. The first-order valence-corrected chi connectivity index (χ1v) is 22.2. The van der Waals surface area contributed by atoms with Gasteiger partial charge < -0.3 is 19.7 Å². The molecule has 2 aliphatic heterocycles. The largest absolute Gasteiger partial charge is 0.481 e. The average Bonchev–Trinajstić information content (AvgIpc) is 3.20. The second-order valence-corrected chi connectivity index (χ2v) is 18.0. The Hall–Kier alpha value is -5.96. The molecule has 4 aromatic carbocycles. The normalized spacial score (nSPS) is 14.5. The number of nitrogens with one attached hydrogen (secondary N) is 1. The Labute approximate surface area is 338 Å². The minimum Gasteiger partial charge on any atom is -0.481 e. The zero-order valence-corrected chi connectivity index (χ0v) is 33.2. The second kappa shape index (κ2) is 16.0. The summed E-state index contributed by atoms with van der Waals surface area (Å²) in [6.45, 7) is 0.183. The quantitative estimate of drug-likeness (QED) is 0.0786. The summed E-state index contributed by atoms with van der Waals surface area (Å²) in [5.41, 5.74) is 2.53. The lowest BCUT2D eigenvalue weighted by Crippen LogP contribution is -2.40. The van der Waals surface area contributed by atoms with Crippen LogP contribution in [-0.4, -0.2) is 73.9 Å². The van der Waals surface area contributed by atoms with E-state index in [1.54, 1.807) is 53.4 Å². The highest BCUT2D eigenvalue weighted by atomic mass is 32.2. The van der Waals surface area contributed by atoms with Crippen LogP contribution in [0.25, 0.3) is 33.4 Å². The third-order valence-corrected chi connectivity index (χ3v) is 12.7. The van der Waals surface area contributed by atoms with Crippen LogP contribution in [0.1, 0.15) is 34.3 Å². The number of rotatable bonds is 11. The summed E-state index contributed by atoms with van der Waals surface area (Å²) in [5.74, 6) is -1.82. The molecule has 19 heteroatoms. The topological polar surface area (TPSA) is 258 Å². The van der Waals surface area contributed by atoms with Crippen LogP contribution < -0.4 is 10.7 Å². The molecule has 306 valence electrons. The van der Waals surface area contributed by atoms with Gasteiger partial charge in [0.2, 0.25) is 0 Å². The van der Waals surface area contributed by atoms with Crippen molar-refractivity contribution in [1.82, 2.24) is 4.90 Å². The first-order valence-electron chi connectivity index (χ1n) is 17.9. The molecule has 0 spiro atoms. The first-order chi connectivity index (χ1) is 27.9. The van der Waals surface area contributed by atoms with Crippen LogP contribution >= 0.6 is 0 Å². The first kappa shape index (κ1) is 41.2. The molecule has 5 N–H and O–H groups in total. The summed E-state index contributed by atoms with van der Waals surface area (Å²) >= 11 is 0. The van der Waals surface area contributed by atoms with Gasteiger partial charge in [-0.05, 0) is 72.0 Å². The standard InChI is InChI=1S/C40H35N3O13S3/c44-39(43-17-15-25(16-18-43)40(45)46)30-7-3-2-6-29(30)38-31-14-11-27(41-23-26-5-1-4-8-36(26)58(50,51)52)19-34(31)56-35-21-33(37(20-32(35)38)59(53,54)55)42-22-24-9-12-28(13-10-24)57(47,48)49/h1-14,19-21,25,41H,15-18,22-23H2,(H,45,46)(H,47,48,49)(H,50,51,52)(H,53,54,55). The van der Waals surface area contributed by atoms with Gasteiger partial charge in [0, 0.05) is 59.5 Å². The third kappa shape index (κ3) is 8.89. The van der Waals surface area contributed by atoms with Crippen molar-refractivity contribution in [2.24, 2.45) is 10.9 Å². The molecule has 0 saturated carbocycles. The Balaban J connectivity index is 1.40. The number of carboxylic acids is 1. The predicted octanol–water partition coefficient (Wildman–Crippen LogP) is 5.59. The number of amides is 1. The number of carbonyl (C=O) groups excluding carboxylic acids is 1. The van der Waals surface area contributed by atoms with Crippen LogP contribution in [0.2, 0.25) is 0 Å². The number of piperidine rings is 1.